The number of H-pyrrole nitrogens is 2. The van der Waals surface area contributed by atoms with Crippen LogP contribution >= 0.6 is 0 Å². The van der Waals surface area contributed by atoms with Crippen LogP contribution in [0.25, 0.3) is 22.4 Å². The van der Waals surface area contributed by atoms with Crippen molar-refractivity contribution >= 4 is 22.6 Å². The number of aromatic nitrogens is 4. The zero-order valence-corrected chi connectivity index (χ0v) is 19.7. The molecule has 0 unspecified atom stereocenters. The van der Waals surface area contributed by atoms with Crippen molar-refractivity contribution in [2.45, 2.75) is 52.4 Å². The van der Waals surface area contributed by atoms with Gasteiger partial charge in [-0.05, 0) is 56.7 Å². The summed E-state index contributed by atoms with van der Waals surface area (Å²) in [5.41, 5.74) is 5.00. The minimum absolute atomic E-state index is 0.254. The Morgan fingerprint density at radius 3 is 2.79 bits per heavy atom. The van der Waals surface area contributed by atoms with Crippen molar-refractivity contribution in [3.63, 3.8) is 0 Å². The Hall–Kier alpha value is -3.40. The SMILES string of the molecule is CCCc1n[nH]c2c(=O)[nH]c(-c3cc(N4CCC(CCC(=O)NO)CC4)ccc3OCC)nc12. The van der Waals surface area contributed by atoms with E-state index in [2.05, 4.69) is 27.0 Å². The van der Waals surface area contributed by atoms with Gasteiger partial charge in [-0.3, -0.25) is 19.9 Å². The molecule has 2 aromatic heterocycles. The molecule has 3 aromatic rings. The number of rotatable bonds is 9. The molecule has 10 nitrogen and oxygen atoms in total. The predicted octanol–water partition coefficient (Wildman–Crippen LogP) is 3.17. The topological polar surface area (TPSA) is 136 Å². The van der Waals surface area contributed by atoms with Crippen LogP contribution in [0, 0.1) is 5.92 Å². The highest BCUT2D eigenvalue weighted by Crippen LogP contribution is 2.34. The van der Waals surface area contributed by atoms with Crippen LogP contribution in [0.2, 0.25) is 0 Å². The Balaban J connectivity index is 1.61. The highest BCUT2D eigenvalue weighted by Gasteiger charge is 2.22. The fraction of sp³-hybridized carbons (Fsp3) is 0.500. The van der Waals surface area contributed by atoms with E-state index in [4.69, 9.17) is 14.9 Å². The Labute approximate surface area is 197 Å². The number of carbonyl (C=O) groups is 1. The molecule has 4 N–H and O–H groups in total. The summed E-state index contributed by atoms with van der Waals surface area (Å²) in [6, 6.07) is 5.98. The third-order valence-electron chi connectivity index (χ3n) is 6.38. The summed E-state index contributed by atoms with van der Waals surface area (Å²) in [5, 5.41) is 15.8. The monoisotopic (exact) mass is 468 g/mol. The summed E-state index contributed by atoms with van der Waals surface area (Å²) in [6.45, 7) is 6.22. The maximum Gasteiger partial charge on any atom is 0.277 e. The second-order valence-electron chi connectivity index (χ2n) is 8.68. The normalized spacial score (nSPS) is 14.5. The largest absolute Gasteiger partial charge is 0.493 e. The van der Waals surface area contributed by atoms with Gasteiger partial charge in [0.2, 0.25) is 5.91 Å². The van der Waals surface area contributed by atoms with Gasteiger partial charge in [-0.1, -0.05) is 13.3 Å². The zero-order chi connectivity index (χ0) is 24.1. The quantitative estimate of drug-likeness (QED) is 0.280. The van der Waals surface area contributed by atoms with Crippen molar-refractivity contribution in [2.24, 2.45) is 5.92 Å². The molecule has 1 amide bonds. The molecular weight excluding hydrogens is 436 g/mol. The van der Waals surface area contributed by atoms with E-state index in [1.54, 1.807) is 5.48 Å². The third-order valence-corrected chi connectivity index (χ3v) is 6.38. The first-order valence-electron chi connectivity index (χ1n) is 12.0. The second-order valence-corrected chi connectivity index (χ2v) is 8.68. The lowest BCUT2D eigenvalue weighted by Gasteiger charge is -2.34. The molecule has 1 aliphatic rings. The van der Waals surface area contributed by atoms with Gasteiger partial charge in [0.25, 0.3) is 5.56 Å². The number of hydroxylamine groups is 1. The average Bonchev–Trinajstić information content (AvgIpc) is 3.27. The number of aromatic amines is 2. The van der Waals surface area contributed by atoms with Gasteiger partial charge >= 0.3 is 0 Å². The van der Waals surface area contributed by atoms with Crippen molar-refractivity contribution in [3.05, 3.63) is 34.2 Å². The van der Waals surface area contributed by atoms with E-state index in [1.807, 2.05) is 25.1 Å². The van der Waals surface area contributed by atoms with Gasteiger partial charge in [-0.15, -0.1) is 0 Å². The fourth-order valence-corrected chi connectivity index (χ4v) is 4.55. The molecule has 0 atom stereocenters. The average molecular weight is 469 g/mol. The Morgan fingerprint density at radius 2 is 2.09 bits per heavy atom. The van der Waals surface area contributed by atoms with E-state index >= 15 is 0 Å². The molecule has 0 spiro atoms. The van der Waals surface area contributed by atoms with E-state index in [-0.39, 0.29) is 11.5 Å². The van der Waals surface area contributed by atoms with Crippen molar-refractivity contribution < 1.29 is 14.7 Å². The first kappa shape index (κ1) is 23.7. The summed E-state index contributed by atoms with van der Waals surface area (Å²) in [6.07, 6.45) is 4.69. The Bertz CT molecular complexity index is 1200. The number of amides is 1. The molecule has 4 rings (SSSR count). The molecule has 1 saturated heterocycles. The fourth-order valence-electron chi connectivity index (χ4n) is 4.55. The van der Waals surface area contributed by atoms with Crippen molar-refractivity contribution in [1.29, 1.82) is 0 Å². The maximum absolute atomic E-state index is 12.8. The van der Waals surface area contributed by atoms with Gasteiger partial charge in [0.1, 0.15) is 22.6 Å². The molecule has 0 bridgehead atoms. The van der Waals surface area contributed by atoms with Gasteiger partial charge in [0.15, 0.2) is 0 Å². The van der Waals surface area contributed by atoms with E-state index < -0.39 is 0 Å². The summed E-state index contributed by atoms with van der Waals surface area (Å²) in [4.78, 5) is 34.0. The first-order valence-corrected chi connectivity index (χ1v) is 12.0. The number of carbonyl (C=O) groups excluding carboxylic acids is 1. The standard InChI is InChI=1S/C24H32N6O4/c1-3-5-18-21-22(28-27-18)24(32)26-23(25-21)17-14-16(7-8-19(17)34-4-2)30-12-10-15(11-13-30)6-9-20(31)29-33/h7-8,14-15,33H,3-6,9-13H2,1-2H3,(H,27,28)(H,29,31)(H,25,26,32). The van der Waals surface area contributed by atoms with Gasteiger partial charge in [-0.2, -0.15) is 5.10 Å². The molecule has 0 radical (unpaired) electrons. The van der Waals surface area contributed by atoms with Gasteiger partial charge in [-0.25, -0.2) is 10.5 Å². The molecule has 0 saturated carbocycles. The summed E-state index contributed by atoms with van der Waals surface area (Å²) in [7, 11) is 0. The number of hydrogen-bond donors (Lipinski definition) is 4. The van der Waals surface area contributed by atoms with Crippen LogP contribution < -0.4 is 20.7 Å². The van der Waals surface area contributed by atoms with Crippen LogP contribution in [0.3, 0.4) is 0 Å². The summed E-state index contributed by atoms with van der Waals surface area (Å²) < 4.78 is 5.86. The van der Waals surface area contributed by atoms with Crippen LogP contribution in [0.15, 0.2) is 23.0 Å². The number of aryl methyl sites for hydroxylation is 1. The molecule has 182 valence electrons. The highest BCUT2D eigenvalue weighted by molar-refractivity contribution is 5.80. The number of fused-ring (bicyclic) bond motifs is 1. The van der Waals surface area contributed by atoms with Crippen molar-refractivity contribution in [2.75, 3.05) is 24.6 Å². The van der Waals surface area contributed by atoms with Crippen LogP contribution in [0.1, 0.15) is 51.6 Å². The Morgan fingerprint density at radius 1 is 1.29 bits per heavy atom. The predicted molar refractivity (Wildman–Crippen MR) is 129 cm³/mol. The summed E-state index contributed by atoms with van der Waals surface area (Å²) in [5.74, 6) is 1.25. The first-order chi connectivity index (χ1) is 16.5. The zero-order valence-electron chi connectivity index (χ0n) is 19.7. The van der Waals surface area contributed by atoms with Crippen molar-refractivity contribution in [3.8, 4) is 17.1 Å². The number of benzene rings is 1. The molecule has 1 fully saturated rings. The van der Waals surface area contributed by atoms with E-state index in [9.17, 15) is 9.59 Å². The lowest BCUT2D eigenvalue weighted by atomic mass is 9.91. The molecule has 1 aromatic carbocycles. The van der Waals surface area contributed by atoms with E-state index in [1.165, 1.54) is 0 Å². The molecule has 10 heteroatoms. The summed E-state index contributed by atoms with van der Waals surface area (Å²) >= 11 is 0. The van der Waals surface area contributed by atoms with Crippen LogP contribution in [-0.4, -0.2) is 51.0 Å². The number of nitrogens with zero attached hydrogens (tertiary/aromatic N) is 3. The van der Waals surface area contributed by atoms with Gasteiger partial charge in [0.05, 0.1) is 17.9 Å². The number of hydrogen-bond acceptors (Lipinski definition) is 7. The number of piperidine rings is 1. The molecule has 3 heterocycles. The minimum atomic E-state index is -0.336. The van der Waals surface area contributed by atoms with Gasteiger partial charge < -0.3 is 14.6 Å². The molecular formula is C24H32N6O4. The number of anilines is 1. The van der Waals surface area contributed by atoms with E-state index in [0.29, 0.717) is 41.6 Å². The maximum atomic E-state index is 12.8. The van der Waals surface area contributed by atoms with E-state index in [0.717, 1.165) is 62.1 Å². The molecule has 1 aliphatic heterocycles. The second kappa shape index (κ2) is 10.7. The van der Waals surface area contributed by atoms with Crippen LogP contribution in [0.5, 0.6) is 5.75 Å². The lowest BCUT2D eigenvalue weighted by Crippen LogP contribution is -2.34. The lowest BCUT2D eigenvalue weighted by molar-refractivity contribution is -0.129. The van der Waals surface area contributed by atoms with Crippen LogP contribution in [-0.2, 0) is 11.2 Å². The molecule has 0 aliphatic carbocycles. The third kappa shape index (κ3) is 5.06. The van der Waals surface area contributed by atoms with Crippen LogP contribution in [0.4, 0.5) is 5.69 Å². The number of ether oxygens (including phenoxy) is 1. The smallest absolute Gasteiger partial charge is 0.277 e. The highest BCUT2D eigenvalue weighted by atomic mass is 16.5. The molecule has 34 heavy (non-hydrogen) atoms. The minimum Gasteiger partial charge on any atom is -0.493 e. The Kier molecular flexibility index (Phi) is 7.46. The van der Waals surface area contributed by atoms with Gasteiger partial charge in [0, 0.05) is 25.2 Å². The number of nitrogens with one attached hydrogen (secondary N) is 3. The van der Waals surface area contributed by atoms with Crippen molar-refractivity contribution in [1.82, 2.24) is 25.6 Å².